The SMILES string of the molecule is O=C([C@@H]1CCCO[C@H]1c1ccccc1)N1CCC(Nc2cccnn2)CC1. The van der Waals surface area contributed by atoms with Gasteiger partial charge in [0.1, 0.15) is 5.82 Å². The molecule has 2 aliphatic heterocycles. The van der Waals surface area contributed by atoms with E-state index in [0.29, 0.717) is 6.04 Å². The van der Waals surface area contributed by atoms with Gasteiger partial charge in [-0.1, -0.05) is 30.3 Å². The molecule has 2 aromatic rings. The maximum Gasteiger partial charge on any atom is 0.228 e. The Bertz CT molecular complexity index is 732. The van der Waals surface area contributed by atoms with Crippen molar-refractivity contribution in [3.8, 4) is 0 Å². The van der Waals surface area contributed by atoms with E-state index in [-0.39, 0.29) is 17.9 Å². The maximum atomic E-state index is 13.2. The monoisotopic (exact) mass is 366 g/mol. The number of likely N-dealkylation sites (tertiary alicyclic amines) is 1. The summed E-state index contributed by atoms with van der Waals surface area (Å²) < 4.78 is 6.01. The Morgan fingerprint density at radius 2 is 1.89 bits per heavy atom. The van der Waals surface area contributed by atoms with E-state index >= 15 is 0 Å². The Hall–Kier alpha value is -2.47. The Morgan fingerprint density at radius 3 is 2.63 bits per heavy atom. The molecule has 2 fully saturated rings. The first-order valence-corrected chi connectivity index (χ1v) is 9.81. The number of nitrogens with zero attached hydrogens (tertiary/aromatic N) is 3. The summed E-state index contributed by atoms with van der Waals surface area (Å²) in [6.07, 6.45) is 5.24. The van der Waals surface area contributed by atoms with Crippen molar-refractivity contribution in [2.24, 2.45) is 5.92 Å². The summed E-state index contributed by atoms with van der Waals surface area (Å²) in [7, 11) is 0. The molecule has 0 aliphatic carbocycles. The smallest absolute Gasteiger partial charge is 0.228 e. The van der Waals surface area contributed by atoms with Crippen LogP contribution in [0.5, 0.6) is 0 Å². The molecule has 142 valence electrons. The number of aromatic nitrogens is 2. The lowest BCUT2D eigenvalue weighted by molar-refractivity contribution is -0.146. The fourth-order valence-corrected chi connectivity index (χ4v) is 4.07. The predicted molar refractivity (Wildman–Crippen MR) is 103 cm³/mol. The van der Waals surface area contributed by atoms with Gasteiger partial charge in [-0.3, -0.25) is 4.79 Å². The van der Waals surface area contributed by atoms with Crippen molar-refractivity contribution in [2.75, 3.05) is 25.0 Å². The third-order valence-electron chi connectivity index (χ3n) is 5.50. The van der Waals surface area contributed by atoms with E-state index < -0.39 is 0 Å². The van der Waals surface area contributed by atoms with E-state index in [1.165, 1.54) is 0 Å². The fraction of sp³-hybridized carbons (Fsp3) is 0.476. The van der Waals surface area contributed by atoms with Gasteiger partial charge in [-0.25, -0.2) is 0 Å². The second kappa shape index (κ2) is 8.48. The van der Waals surface area contributed by atoms with Crippen LogP contribution in [0.25, 0.3) is 0 Å². The number of amides is 1. The van der Waals surface area contributed by atoms with Gasteiger partial charge in [-0.15, -0.1) is 5.10 Å². The molecule has 4 rings (SSSR count). The van der Waals surface area contributed by atoms with Gasteiger partial charge in [0, 0.05) is 31.9 Å². The maximum absolute atomic E-state index is 13.2. The average molecular weight is 366 g/mol. The third kappa shape index (κ3) is 4.27. The topological polar surface area (TPSA) is 67.3 Å². The Kier molecular flexibility index (Phi) is 5.63. The highest BCUT2D eigenvalue weighted by atomic mass is 16.5. The normalized spacial score (nSPS) is 23.8. The van der Waals surface area contributed by atoms with Crippen LogP contribution in [0.4, 0.5) is 5.82 Å². The predicted octanol–water partition coefficient (Wildman–Crippen LogP) is 3.05. The van der Waals surface area contributed by atoms with Crippen LogP contribution in [0, 0.1) is 5.92 Å². The van der Waals surface area contributed by atoms with Gasteiger partial charge in [0.25, 0.3) is 0 Å². The van der Waals surface area contributed by atoms with Crippen LogP contribution in [0.1, 0.15) is 37.4 Å². The van der Waals surface area contributed by atoms with Gasteiger partial charge >= 0.3 is 0 Å². The highest BCUT2D eigenvalue weighted by molar-refractivity contribution is 5.80. The number of carbonyl (C=O) groups is 1. The number of hydrogen-bond donors (Lipinski definition) is 1. The molecule has 27 heavy (non-hydrogen) atoms. The first kappa shape index (κ1) is 17.9. The lowest BCUT2D eigenvalue weighted by atomic mass is 9.87. The highest BCUT2D eigenvalue weighted by Crippen LogP contribution is 2.35. The third-order valence-corrected chi connectivity index (χ3v) is 5.50. The van der Waals surface area contributed by atoms with Crippen molar-refractivity contribution >= 4 is 11.7 Å². The van der Waals surface area contributed by atoms with Crippen LogP contribution in [-0.4, -0.2) is 46.7 Å². The molecule has 0 spiro atoms. The van der Waals surface area contributed by atoms with E-state index in [1.807, 2.05) is 35.2 Å². The van der Waals surface area contributed by atoms with Gasteiger partial charge in [0.15, 0.2) is 0 Å². The first-order valence-electron chi connectivity index (χ1n) is 9.81. The number of hydrogen-bond acceptors (Lipinski definition) is 5. The van der Waals surface area contributed by atoms with Crippen molar-refractivity contribution in [2.45, 2.75) is 37.8 Å². The van der Waals surface area contributed by atoms with Crippen molar-refractivity contribution in [1.82, 2.24) is 15.1 Å². The molecule has 0 unspecified atom stereocenters. The minimum atomic E-state index is -0.122. The summed E-state index contributed by atoms with van der Waals surface area (Å²) in [6.45, 7) is 2.27. The van der Waals surface area contributed by atoms with E-state index in [2.05, 4.69) is 27.6 Å². The summed E-state index contributed by atoms with van der Waals surface area (Å²) in [5.74, 6) is 0.958. The molecule has 6 heteroatoms. The molecule has 0 saturated carbocycles. The molecule has 1 aromatic carbocycles. The zero-order valence-electron chi connectivity index (χ0n) is 15.5. The molecule has 6 nitrogen and oxygen atoms in total. The van der Waals surface area contributed by atoms with E-state index in [4.69, 9.17) is 4.74 Å². The number of carbonyl (C=O) groups excluding carboxylic acids is 1. The van der Waals surface area contributed by atoms with Crippen LogP contribution in [0.2, 0.25) is 0 Å². The second-order valence-corrected chi connectivity index (χ2v) is 7.30. The van der Waals surface area contributed by atoms with Crippen LogP contribution in [0.3, 0.4) is 0 Å². The Labute approximate surface area is 159 Å². The zero-order chi connectivity index (χ0) is 18.5. The highest BCUT2D eigenvalue weighted by Gasteiger charge is 2.36. The standard InChI is InChI=1S/C21H26N4O2/c26-21(18-8-5-15-27-20(18)16-6-2-1-3-7-16)25-13-10-17(11-14-25)23-19-9-4-12-22-24-19/h1-4,6-7,9,12,17-18,20H,5,8,10-11,13-15H2,(H,23,24)/t18-,20+/m1/s1. The van der Waals surface area contributed by atoms with Gasteiger partial charge in [0.05, 0.1) is 12.0 Å². The molecular weight excluding hydrogens is 340 g/mol. The summed E-state index contributed by atoms with van der Waals surface area (Å²) in [6, 6.07) is 14.3. The van der Waals surface area contributed by atoms with Crippen LogP contribution in [0.15, 0.2) is 48.7 Å². The molecule has 2 atom stereocenters. The Morgan fingerprint density at radius 1 is 1.07 bits per heavy atom. The molecule has 2 saturated heterocycles. The zero-order valence-corrected chi connectivity index (χ0v) is 15.5. The van der Waals surface area contributed by atoms with Gasteiger partial charge in [0.2, 0.25) is 5.91 Å². The van der Waals surface area contributed by atoms with Gasteiger partial charge in [-0.05, 0) is 43.4 Å². The number of ether oxygens (including phenoxy) is 1. The molecular formula is C21H26N4O2. The van der Waals surface area contributed by atoms with E-state index in [0.717, 1.165) is 56.8 Å². The minimum Gasteiger partial charge on any atom is -0.373 e. The molecule has 2 aliphatic rings. The molecule has 0 radical (unpaired) electrons. The first-order chi connectivity index (χ1) is 13.3. The summed E-state index contributed by atoms with van der Waals surface area (Å²) in [4.78, 5) is 15.2. The van der Waals surface area contributed by atoms with E-state index in [1.54, 1.807) is 6.20 Å². The van der Waals surface area contributed by atoms with Crippen LogP contribution >= 0.6 is 0 Å². The average Bonchev–Trinajstić information content (AvgIpc) is 2.75. The van der Waals surface area contributed by atoms with Crippen molar-refractivity contribution in [3.05, 3.63) is 54.2 Å². The van der Waals surface area contributed by atoms with Crippen molar-refractivity contribution in [3.63, 3.8) is 0 Å². The van der Waals surface area contributed by atoms with Gasteiger partial charge in [-0.2, -0.15) is 5.10 Å². The van der Waals surface area contributed by atoms with Crippen molar-refractivity contribution in [1.29, 1.82) is 0 Å². The minimum absolute atomic E-state index is 0.0781. The molecule has 3 heterocycles. The second-order valence-electron chi connectivity index (χ2n) is 7.30. The lowest BCUT2D eigenvalue weighted by Gasteiger charge is -2.38. The van der Waals surface area contributed by atoms with Gasteiger partial charge < -0.3 is 15.0 Å². The molecule has 0 bridgehead atoms. The number of nitrogens with one attached hydrogen (secondary N) is 1. The van der Waals surface area contributed by atoms with Crippen molar-refractivity contribution < 1.29 is 9.53 Å². The number of piperidine rings is 1. The Balaban J connectivity index is 1.36. The van der Waals surface area contributed by atoms with E-state index in [9.17, 15) is 4.79 Å². The summed E-state index contributed by atoms with van der Waals surface area (Å²) >= 11 is 0. The molecule has 1 amide bonds. The lowest BCUT2D eigenvalue weighted by Crippen LogP contribution is -2.47. The van der Waals surface area contributed by atoms with Crippen LogP contribution in [-0.2, 0) is 9.53 Å². The number of rotatable bonds is 4. The molecule has 1 N–H and O–H groups in total. The largest absolute Gasteiger partial charge is 0.373 e. The fourth-order valence-electron chi connectivity index (χ4n) is 4.07. The van der Waals surface area contributed by atoms with Crippen LogP contribution < -0.4 is 5.32 Å². The number of anilines is 1. The quantitative estimate of drug-likeness (QED) is 0.901. The summed E-state index contributed by atoms with van der Waals surface area (Å²) in [5.41, 5.74) is 1.11. The number of benzene rings is 1. The molecule has 1 aromatic heterocycles. The summed E-state index contributed by atoms with van der Waals surface area (Å²) in [5, 5.41) is 11.4.